The van der Waals surface area contributed by atoms with Gasteiger partial charge in [-0.05, 0) is 24.3 Å². The first-order chi connectivity index (χ1) is 10.5. The fraction of sp³-hybridized carbons (Fsp3) is 0.308. The Bertz CT molecular complexity index is 520. The van der Waals surface area contributed by atoms with E-state index in [1.807, 2.05) is 0 Å². The number of hydrazine groups is 1. The monoisotopic (exact) mass is 330 g/mol. The Kier molecular flexibility index (Phi) is 7.73. The van der Waals surface area contributed by atoms with Gasteiger partial charge in [-0.3, -0.25) is 20.4 Å². The average Bonchev–Trinajstić information content (AvgIpc) is 2.50. The molecule has 0 fully saturated rings. The van der Waals surface area contributed by atoms with Gasteiger partial charge in [0.15, 0.2) is 13.2 Å². The van der Waals surface area contributed by atoms with E-state index in [9.17, 15) is 14.4 Å². The Morgan fingerprint density at radius 1 is 1.00 bits per heavy atom. The van der Waals surface area contributed by atoms with Crippen LogP contribution in [0, 0.1) is 0 Å². The number of carbonyl (C=O) groups excluding carboxylic acids is 3. The van der Waals surface area contributed by atoms with Crippen molar-refractivity contribution in [3.63, 3.8) is 0 Å². The summed E-state index contributed by atoms with van der Waals surface area (Å²) in [5.74, 6) is -1.50. The van der Waals surface area contributed by atoms with Crippen molar-refractivity contribution in [2.24, 2.45) is 0 Å². The summed E-state index contributed by atoms with van der Waals surface area (Å²) in [6, 6.07) is 6.43. The zero-order valence-electron chi connectivity index (χ0n) is 11.8. The SMILES string of the molecule is COCC(=O)OCC(=O)NNC(=O)COc1ccc(Cl)cc1. The van der Waals surface area contributed by atoms with Crippen molar-refractivity contribution in [2.45, 2.75) is 0 Å². The molecule has 0 unspecified atom stereocenters. The number of ether oxygens (including phenoxy) is 3. The third-order valence-electron chi connectivity index (χ3n) is 2.15. The predicted molar refractivity (Wildman–Crippen MR) is 76.1 cm³/mol. The minimum absolute atomic E-state index is 0.255. The van der Waals surface area contributed by atoms with Crippen LogP contribution in [0.3, 0.4) is 0 Å². The van der Waals surface area contributed by atoms with E-state index in [4.69, 9.17) is 16.3 Å². The number of carbonyl (C=O) groups is 3. The van der Waals surface area contributed by atoms with Crippen LogP contribution in [0.1, 0.15) is 0 Å². The molecule has 0 aliphatic carbocycles. The lowest BCUT2D eigenvalue weighted by molar-refractivity contribution is -0.152. The Hall–Kier alpha value is -2.32. The largest absolute Gasteiger partial charge is 0.484 e. The Morgan fingerprint density at radius 3 is 2.18 bits per heavy atom. The minimum Gasteiger partial charge on any atom is -0.484 e. The fourth-order valence-electron chi connectivity index (χ4n) is 1.20. The second-order valence-electron chi connectivity index (χ2n) is 3.93. The smallest absolute Gasteiger partial charge is 0.332 e. The number of nitrogens with one attached hydrogen (secondary N) is 2. The van der Waals surface area contributed by atoms with Crippen molar-refractivity contribution in [3.05, 3.63) is 29.3 Å². The molecule has 0 saturated heterocycles. The quantitative estimate of drug-likeness (QED) is 0.541. The van der Waals surface area contributed by atoms with Crippen LogP contribution in [0.25, 0.3) is 0 Å². The molecule has 0 aromatic heterocycles. The molecule has 2 amide bonds. The molecule has 2 N–H and O–H groups in total. The molecule has 0 saturated carbocycles. The minimum atomic E-state index is -0.690. The normalized spacial score (nSPS) is 9.73. The van der Waals surface area contributed by atoms with Gasteiger partial charge in [0.2, 0.25) is 0 Å². The molecule has 9 heteroatoms. The van der Waals surface area contributed by atoms with Crippen LogP contribution in [-0.2, 0) is 23.9 Å². The van der Waals surface area contributed by atoms with Crippen molar-refractivity contribution in [3.8, 4) is 5.75 Å². The molecule has 1 aromatic carbocycles. The molecule has 0 heterocycles. The van der Waals surface area contributed by atoms with Gasteiger partial charge in [-0.15, -0.1) is 0 Å². The fourth-order valence-corrected chi connectivity index (χ4v) is 1.32. The van der Waals surface area contributed by atoms with Crippen LogP contribution in [-0.4, -0.2) is 44.7 Å². The molecule has 120 valence electrons. The lowest BCUT2D eigenvalue weighted by atomic mass is 10.3. The van der Waals surface area contributed by atoms with Crippen LogP contribution in [0.15, 0.2) is 24.3 Å². The Morgan fingerprint density at radius 2 is 1.59 bits per heavy atom. The molecule has 1 rings (SSSR count). The van der Waals surface area contributed by atoms with E-state index in [1.54, 1.807) is 24.3 Å². The van der Waals surface area contributed by atoms with E-state index >= 15 is 0 Å². The van der Waals surface area contributed by atoms with E-state index in [2.05, 4.69) is 20.3 Å². The number of hydrogen-bond acceptors (Lipinski definition) is 6. The van der Waals surface area contributed by atoms with Crippen LogP contribution >= 0.6 is 11.6 Å². The zero-order valence-corrected chi connectivity index (χ0v) is 12.5. The van der Waals surface area contributed by atoms with Crippen molar-refractivity contribution in [1.82, 2.24) is 10.9 Å². The molecule has 8 nitrogen and oxygen atoms in total. The number of hydrogen-bond donors (Lipinski definition) is 2. The van der Waals surface area contributed by atoms with Gasteiger partial charge >= 0.3 is 5.97 Å². The summed E-state index contributed by atoms with van der Waals surface area (Å²) in [6.45, 7) is -1.08. The van der Waals surface area contributed by atoms with Crippen LogP contribution in [0.5, 0.6) is 5.75 Å². The first-order valence-electron chi connectivity index (χ1n) is 6.12. The summed E-state index contributed by atoms with van der Waals surface area (Å²) in [5.41, 5.74) is 4.18. The van der Waals surface area contributed by atoms with Crippen molar-refractivity contribution in [2.75, 3.05) is 26.9 Å². The second kappa shape index (κ2) is 9.59. The van der Waals surface area contributed by atoms with Crippen molar-refractivity contribution < 1.29 is 28.6 Å². The van der Waals surface area contributed by atoms with E-state index in [1.165, 1.54) is 7.11 Å². The first kappa shape index (κ1) is 17.7. The lowest BCUT2D eigenvalue weighted by Crippen LogP contribution is -2.45. The summed E-state index contributed by atoms with van der Waals surface area (Å²) in [5, 5.41) is 0.548. The number of esters is 1. The highest BCUT2D eigenvalue weighted by molar-refractivity contribution is 6.30. The van der Waals surface area contributed by atoms with Crippen LogP contribution in [0.4, 0.5) is 0 Å². The standard InChI is InChI=1S/C13H15ClN2O6/c1-20-8-13(19)22-7-12(18)16-15-11(17)6-21-10-4-2-9(14)3-5-10/h2-5H,6-8H2,1H3,(H,15,17)(H,16,18). The first-order valence-corrected chi connectivity index (χ1v) is 6.49. The van der Waals surface area contributed by atoms with Gasteiger partial charge in [0.1, 0.15) is 12.4 Å². The average molecular weight is 331 g/mol. The molecule has 0 bridgehead atoms. The molecule has 22 heavy (non-hydrogen) atoms. The number of rotatable bonds is 7. The summed E-state index contributed by atoms with van der Waals surface area (Å²) >= 11 is 5.70. The van der Waals surface area contributed by atoms with E-state index in [0.717, 1.165) is 0 Å². The number of amides is 2. The Labute approximate surface area is 131 Å². The summed E-state index contributed by atoms with van der Waals surface area (Å²) in [7, 11) is 1.32. The van der Waals surface area contributed by atoms with Crippen molar-refractivity contribution in [1.29, 1.82) is 0 Å². The predicted octanol–water partition coefficient (Wildman–Crippen LogP) is 0.0558. The molecule has 1 aromatic rings. The topological polar surface area (TPSA) is 103 Å². The van der Waals surface area contributed by atoms with Crippen molar-refractivity contribution >= 4 is 29.4 Å². The number of methoxy groups -OCH3 is 1. The zero-order chi connectivity index (χ0) is 16.4. The second-order valence-corrected chi connectivity index (χ2v) is 4.37. The van der Waals surface area contributed by atoms with Gasteiger partial charge < -0.3 is 14.2 Å². The van der Waals surface area contributed by atoms with Gasteiger partial charge in [0.05, 0.1) is 0 Å². The Balaban J connectivity index is 2.18. The summed E-state index contributed by atoms with van der Waals surface area (Å²) < 4.78 is 14.2. The molecule has 0 aliphatic rings. The highest BCUT2D eigenvalue weighted by Crippen LogP contribution is 2.15. The molecule has 0 radical (unpaired) electrons. The van der Waals surface area contributed by atoms with E-state index in [0.29, 0.717) is 10.8 Å². The molecule has 0 spiro atoms. The molecule has 0 aliphatic heterocycles. The molecular formula is C13H15ClN2O6. The van der Waals surface area contributed by atoms with Gasteiger partial charge in [-0.1, -0.05) is 11.6 Å². The van der Waals surface area contributed by atoms with Gasteiger partial charge in [0, 0.05) is 12.1 Å². The van der Waals surface area contributed by atoms with Crippen LogP contribution < -0.4 is 15.6 Å². The molecule has 0 atom stereocenters. The third-order valence-corrected chi connectivity index (χ3v) is 2.40. The van der Waals surface area contributed by atoms with Gasteiger partial charge in [-0.25, -0.2) is 4.79 Å². The highest BCUT2D eigenvalue weighted by Gasteiger charge is 2.08. The van der Waals surface area contributed by atoms with E-state index in [-0.39, 0.29) is 13.2 Å². The maximum Gasteiger partial charge on any atom is 0.332 e. The van der Waals surface area contributed by atoms with Gasteiger partial charge in [0.25, 0.3) is 11.8 Å². The number of benzene rings is 1. The summed E-state index contributed by atoms with van der Waals surface area (Å²) in [4.78, 5) is 33.6. The van der Waals surface area contributed by atoms with Crippen LogP contribution in [0.2, 0.25) is 5.02 Å². The highest BCUT2D eigenvalue weighted by atomic mass is 35.5. The maximum absolute atomic E-state index is 11.4. The third kappa shape index (κ3) is 7.46. The summed E-state index contributed by atoms with van der Waals surface area (Å²) in [6.07, 6.45) is 0. The van der Waals surface area contributed by atoms with Gasteiger partial charge in [-0.2, -0.15) is 0 Å². The van der Waals surface area contributed by atoms with E-state index < -0.39 is 24.4 Å². The molecular weight excluding hydrogens is 316 g/mol. The lowest BCUT2D eigenvalue weighted by Gasteiger charge is -2.09. The number of halogens is 1. The maximum atomic E-state index is 11.4.